The molecular weight excluding hydrogens is 384 g/mol. The molecule has 1 aliphatic heterocycles. The summed E-state index contributed by atoms with van der Waals surface area (Å²) >= 11 is 0. The molecule has 5 nitrogen and oxygen atoms in total. The summed E-state index contributed by atoms with van der Waals surface area (Å²) in [7, 11) is -3.60. The van der Waals surface area contributed by atoms with Crippen molar-refractivity contribution in [2.45, 2.75) is 44.6 Å². The Morgan fingerprint density at radius 1 is 1.03 bits per heavy atom. The van der Waals surface area contributed by atoms with Crippen LogP contribution in [0.25, 0.3) is 0 Å². The second kappa shape index (κ2) is 8.86. The SMILES string of the molecule is CCOc1ccc(C(C)(C)C)cc1S(=O)(=O)N1CC[NH+](Cc2ccccc2)CC1. The molecule has 1 aliphatic rings. The number of nitrogens with zero attached hydrogens (tertiary/aromatic N) is 1. The third-order valence-electron chi connectivity index (χ3n) is 5.45. The van der Waals surface area contributed by atoms with E-state index >= 15 is 0 Å². The number of nitrogens with one attached hydrogen (secondary N) is 1. The van der Waals surface area contributed by atoms with Gasteiger partial charge in [0.1, 0.15) is 17.2 Å². The van der Waals surface area contributed by atoms with Crippen molar-refractivity contribution >= 4 is 10.0 Å². The van der Waals surface area contributed by atoms with Crippen LogP contribution in [0.2, 0.25) is 0 Å². The fourth-order valence-corrected chi connectivity index (χ4v) is 5.29. The van der Waals surface area contributed by atoms with Crippen LogP contribution in [0.4, 0.5) is 0 Å². The van der Waals surface area contributed by atoms with E-state index in [2.05, 4.69) is 32.9 Å². The number of sulfonamides is 1. The first-order valence-electron chi connectivity index (χ1n) is 10.4. The summed E-state index contributed by atoms with van der Waals surface area (Å²) in [6.45, 7) is 12.2. The van der Waals surface area contributed by atoms with Crippen molar-refractivity contribution in [3.8, 4) is 5.75 Å². The van der Waals surface area contributed by atoms with Gasteiger partial charge in [0.05, 0.1) is 32.8 Å². The highest BCUT2D eigenvalue weighted by Crippen LogP contribution is 2.32. The van der Waals surface area contributed by atoms with Gasteiger partial charge in [-0.25, -0.2) is 8.42 Å². The van der Waals surface area contributed by atoms with E-state index in [1.165, 1.54) is 10.5 Å². The summed E-state index contributed by atoms with van der Waals surface area (Å²) in [6.07, 6.45) is 0. The molecule has 0 amide bonds. The Bertz CT molecular complexity index is 913. The molecule has 0 spiro atoms. The first kappa shape index (κ1) is 21.8. The van der Waals surface area contributed by atoms with Gasteiger partial charge >= 0.3 is 0 Å². The molecule has 2 aromatic carbocycles. The van der Waals surface area contributed by atoms with Gasteiger partial charge < -0.3 is 9.64 Å². The lowest BCUT2D eigenvalue weighted by molar-refractivity contribution is -0.917. The van der Waals surface area contributed by atoms with E-state index in [4.69, 9.17) is 4.74 Å². The fraction of sp³-hybridized carbons (Fsp3) is 0.478. The molecule has 0 radical (unpaired) electrons. The van der Waals surface area contributed by atoms with E-state index in [-0.39, 0.29) is 5.41 Å². The molecule has 1 heterocycles. The molecule has 2 aromatic rings. The Morgan fingerprint density at radius 2 is 1.69 bits per heavy atom. The zero-order valence-corrected chi connectivity index (χ0v) is 18.8. The third-order valence-corrected chi connectivity index (χ3v) is 7.37. The normalized spacial score (nSPS) is 16.7. The summed E-state index contributed by atoms with van der Waals surface area (Å²) in [4.78, 5) is 1.70. The summed E-state index contributed by atoms with van der Waals surface area (Å²) in [5.41, 5.74) is 2.15. The third kappa shape index (κ3) is 5.18. The van der Waals surface area contributed by atoms with Gasteiger partial charge in [0.2, 0.25) is 10.0 Å². The predicted octanol–water partition coefficient (Wildman–Crippen LogP) is 2.47. The number of ether oxygens (including phenoxy) is 1. The maximum absolute atomic E-state index is 13.5. The van der Waals surface area contributed by atoms with Crippen LogP contribution in [0.3, 0.4) is 0 Å². The zero-order valence-electron chi connectivity index (χ0n) is 17.9. The highest BCUT2D eigenvalue weighted by molar-refractivity contribution is 7.89. The minimum atomic E-state index is -3.60. The Labute approximate surface area is 175 Å². The average molecular weight is 418 g/mol. The Hall–Kier alpha value is -1.89. The van der Waals surface area contributed by atoms with E-state index in [1.54, 1.807) is 16.4 Å². The van der Waals surface area contributed by atoms with E-state index < -0.39 is 10.0 Å². The van der Waals surface area contributed by atoms with E-state index in [0.717, 1.165) is 25.2 Å². The lowest BCUT2D eigenvalue weighted by atomic mass is 9.87. The van der Waals surface area contributed by atoms with Crippen LogP contribution >= 0.6 is 0 Å². The minimum Gasteiger partial charge on any atom is -0.492 e. The lowest BCUT2D eigenvalue weighted by Crippen LogP contribution is -3.13. The molecule has 1 saturated heterocycles. The van der Waals surface area contributed by atoms with Crippen molar-refractivity contribution < 1.29 is 18.1 Å². The molecule has 0 unspecified atom stereocenters. The number of piperazine rings is 1. The van der Waals surface area contributed by atoms with Crippen LogP contribution in [0, 0.1) is 0 Å². The maximum atomic E-state index is 13.5. The van der Waals surface area contributed by atoms with Crippen molar-refractivity contribution in [2.75, 3.05) is 32.8 Å². The van der Waals surface area contributed by atoms with Gasteiger partial charge in [-0.05, 0) is 30.0 Å². The van der Waals surface area contributed by atoms with Gasteiger partial charge in [0.15, 0.2) is 0 Å². The van der Waals surface area contributed by atoms with Crippen LogP contribution in [0.5, 0.6) is 5.75 Å². The largest absolute Gasteiger partial charge is 0.492 e. The van der Waals surface area contributed by atoms with Crippen molar-refractivity contribution in [1.29, 1.82) is 0 Å². The Kier molecular flexibility index (Phi) is 6.66. The van der Waals surface area contributed by atoms with Crippen LogP contribution in [-0.4, -0.2) is 45.5 Å². The first-order chi connectivity index (χ1) is 13.7. The van der Waals surface area contributed by atoms with Gasteiger partial charge in [0, 0.05) is 5.56 Å². The van der Waals surface area contributed by atoms with Gasteiger partial charge in [0.25, 0.3) is 0 Å². The van der Waals surface area contributed by atoms with E-state index in [1.807, 2.05) is 31.2 Å². The maximum Gasteiger partial charge on any atom is 0.247 e. The highest BCUT2D eigenvalue weighted by atomic mass is 32.2. The molecule has 3 rings (SSSR count). The van der Waals surface area contributed by atoms with Gasteiger partial charge in [-0.1, -0.05) is 57.2 Å². The Balaban J connectivity index is 1.78. The van der Waals surface area contributed by atoms with E-state index in [9.17, 15) is 8.42 Å². The van der Waals surface area contributed by atoms with Gasteiger partial charge in [-0.2, -0.15) is 4.31 Å². The standard InChI is InChI=1S/C23H32N2O3S/c1-5-28-21-12-11-20(23(2,3)4)17-22(21)29(26,27)25-15-13-24(14-16-25)18-19-9-7-6-8-10-19/h6-12,17H,5,13-16,18H2,1-4H3/p+1. The molecule has 1 fully saturated rings. The van der Waals surface area contributed by atoms with Crippen LogP contribution in [0.1, 0.15) is 38.8 Å². The minimum absolute atomic E-state index is 0.131. The van der Waals surface area contributed by atoms with Gasteiger partial charge in [-0.15, -0.1) is 0 Å². The number of rotatable bonds is 6. The molecule has 158 valence electrons. The van der Waals surface area contributed by atoms with Crippen LogP contribution in [-0.2, 0) is 22.0 Å². The summed E-state index contributed by atoms with van der Waals surface area (Å²) in [5.74, 6) is 0.444. The van der Waals surface area contributed by atoms with Crippen molar-refractivity contribution in [1.82, 2.24) is 4.31 Å². The molecule has 0 atom stereocenters. The zero-order chi connectivity index (χ0) is 21.1. The van der Waals surface area contributed by atoms with Crippen LogP contribution in [0.15, 0.2) is 53.4 Å². The van der Waals surface area contributed by atoms with Crippen molar-refractivity contribution in [3.05, 3.63) is 59.7 Å². The first-order valence-corrected chi connectivity index (χ1v) is 11.8. The quantitative estimate of drug-likeness (QED) is 0.786. The monoisotopic (exact) mass is 417 g/mol. The summed E-state index contributed by atoms with van der Waals surface area (Å²) in [6, 6.07) is 15.9. The van der Waals surface area contributed by atoms with Gasteiger partial charge in [-0.3, -0.25) is 0 Å². The Morgan fingerprint density at radius 3 is 2.28 bits per heavy atom. The summed E-state index contributed by atoms with van der Waals surface area (Å²) < 4.78 is 34.2. The number of quaternary nitrogens is 1. The second-order valence-corrected chi connectivity index (χ2v) is 10.6. The smallest absolute Gasteiger partial charge is 0.247 e. The molecule has 29 heavy (non-hydrogen) atoms. The lowest BCUT2D eigenvalue weighted by Gasteiger charge is -2.32. The molecule has 0 aliphatic carbocycles. The molecule has 6 heteroatoms. The highest BCUT2D eigenvalue weighted by Gasteiger charge is 2.33. The number of hydrogen-bond acceptors (Lipinski definition) is 3. The van der Waals surface area contributed by atoms with E-state index in [0.29, 0.717) is 30.3 Å². The van der Waals surface area contributed by atoms with Crippen LogP contribution < -0.4 is 9.64 Å². The topological polar surface area (TPSA) is 51.1 Å². The summed E-state index contributed by atoms with van der Waals surface area (Å²) in [5, 5.41) is 0. The second-order valence-electron chi connectivity index (χ2n) is 8.66. The van der Waals surface area contributed by atoms with Crippen molar-refractivity contribution in [2.24, 2.45) is 0 Å². The number of hydrogen-bond donors (Lipinski definition) is 1. The molecule has 0 aromatic heterocycles. The number of benzene rings is 2. The molecule has 0 saturated carbocycles. The fourth-order valence-electron chi connectivity index (χ4n) is 3.69. The van der Waals surface area contributed by atoms with Crippen molar-refractivity contribution in [3.63, 3.8) is 0 Å². The molecular formula is C23H33N2O3S+. The molecule has 1 N–H and O–H groups in total. The molecule has 0 bridgehead atoms. The average Bonchev–Trinajstić information content (AvgIpc) is 2.69. The predicted molar refractivity (Wildman–Crippen MR) is 116 cm³/mol.